The summed E-state index contributed by atoms with van der Waals surface area (Å²) in [5, 5.41) is 2.88. The Morgan fingerprint density at radius 1 is 0.964 bits per heavy atom. The molecule has 3 aromatic rings. The third kappa shape index (κ3) is 4.61. The van der Waals surface area contributed by atoms with E-state index in [0.717, 1.165) is 38.5 Å². The number of carbonyl (C=O) groups excluding carboxylic acids is 1. The molecule has 1 amide bonds. The largest absolute Gasteiger partial charge is 0.467 e. The molecule has 0 aliphatic carbocycles. The molecular formula is C23H26N3O2+. The Balaban J connectivity index is 1.26. The minimum Gasteiger partial charge on any atom is -0.467 e. The average molecular weight is 376 g/mol. The summed E-state index contributed by atoms with van der Waals surface area (Å²) in [6.45, 7) is 5.81. The van der Waals surface area contributed by atoms with Gasteiger partial charge in [0.25, 0.3) is 5.91 Å². The molecule has 0 spiro atoms. The molecular weight excluding hydrogens is 350 g/mol. The van der Waals surface area contributed by atoms with Gasteiger partial charge in [0.2, 0.25) is 0 Å². The van der Waals surface area contributed by atoms with Crippen molar-refractivity contribution >= 4 is 11.6 Å². The number of hydrogen-bond acceptors (Lipinski definition) is 3. The Morgan fingerprint density at radius 2 is 1.71 bits per heavy atom. The minimum atomic E-state index is -0.0771. The number of piperazine rings is 1. The first kappa shape index (κ1) is 18.3. The van der Waals surface area contributed by atoms with Gasteiger partial charge in [-0.25, -0.2) is 0 Å². The SMILES string of the molecule is O=C(NCc1ccco1)c1ccc(C[NH+]2CCN(c3ccccc3)CC2)cc1. The maximum atomic E-state index is 12.2. The number of para-hydroxylation sites is 1. The Labute approximate surface area is 165 Å². The number of nitrogens with one attached hydrogen (secondary N) is 2. The fourth-order valence-corrected chi connectivity index (χ4v) is 3.64. The van der Waals surface area contributed by atoms with Crippen molar-refractivity contribution in [2.24, 2.45) is 0 Å². The highest BCUT2D eigenvalue weighted by molar-refractivity contribution is 5.94. The lowest BCUT2D eigenvalue weighted by Gasteiger charge is -2.33. The number of anilines is 1. The second-order valence-corrected chi connectivity index (χ2v) is 7.21. The zero-order chi connectivity index (χ0) is 19.2. The van der Waals surface area contributed by atoms with E-state index in [1.54, 1.807) is 11.2 Å². The van der Waals surface area contributed by atoms with E-state index in [2.05, 4.69) is 52.7 Å². The molecule has 2 N–H and O–H groups in total. The molecule has 1 aliphatic heterocycles. The van der Waals surface area contributed by atoms with Gasteiger partial charge >= 0.3 is 0 Å². The van der Waals surface area contributed by atoms with Gasteiger partial charge in [0, 0.05) is 16.8 Å². The molecule has 144 valence electrons. The van der Waals surface area contributed by atoms with E-state index >= 15 is 0 Å². The standard InChI is InChI=1S/C23H25N3O2/c27-23(24-17-22-7-4-16-28-22)20-10-8-19(9-11-20)18-25-12-14-26(15-13-25)21-5-2-1-3-6-21/h1-11,16H,12-15,17-18H2,(H,24,27)/p+1. The molecule has 1 saturated heterocycles. The molecule has 2 heterocycles. The molecule has 5 heteroatoms. The number of hydrogen-bond donors (Lipinski definition) is 2. The third-order valence-corrected chi connectivity index (χ3v) is 5.27. The normalized spacial score (nSPS) is 14.8. The molecule has 0 atom stereocenters. The van der Waals surface area contributed by atoms with Crippen LogP contribution >= 0.6 is 0 Å². The molecule has 5 nitrogen and oxygen atoms in total. The van der Waals surface area contributed by atoms with Crippen LogP contribution in [0.1, 0.15) is 21.7 Å². The van der Waals surface area contributed by atoms with Crippen LogP contribution in [0.3, 0.4) is 0 Å². The van der Waals surface area contributed by atoms with E-state index < -0.39 is 0 Å². The number of furan rings is 1. The van der Waals surface area contributed by atoms with E-state index in [-0.39, 0.29) is 5.91 Å². The van der Waals surface area contributed by atoms with Crippen LogP contribution < -0.4 is 15.1 Å². The van der Waals surface area contributed by atoms with Crippen LogP contribution in [0.4, 0.5) is 5.69 Å². The minimum absolute atomic E-state index is 0.0771. The van der Waals surface area contributed by atoms with Crippen molar-refractivity contribution in [3.05, 3.63) is 89.9 Å². The zero-order valence-electron chi connectivity index (χ0n) is 15.9. The molecule has 1 aliphatic rings. The monoisotopic (exact) mass is 376 g/mol. The quantitative estimate of drug-likeness (QED) is 0.693. The second kappa shape index (κ2) is 8.76. The van der Waals surface area contributed by atoms with Crippen molar-refractivity contribution in [3.8, 4) is 0 Å². The first-order chi connectivity index (χ1) is 13.8. The third-order valence-electron chi connectivity index (χ3n) is 5.27. The first-order valence-corrected chi connectivity index (χ1v) is 9.81. The highest BCUT2D eigenvalue weighted by Crippen LogP contribution is 2.12. The van der Waals surface area contributed by atoms with E-state index in [1.807, 2.05) is 24.3 Å². The Bertz CT molecular complexity index is 868. The Morgan fingerprint density at radius 3 is 2.39 bits per heavy atom. The van der Waals surface area contributed by atoms with Crippen molar-refractivity contribution in [1.29, 1.82) is 0 Å². The summed E-state index contributed by atoms with van der Waals surface area (Å²) in [6.07, 6.45) is 1.61. The molecule has 28 heavy (non-hydrogen) atoms. The van der Waals surface area contributed by atoms with Crippen LogP contribution in [-0.2, 0) is 13.1 Å². The molecule has 0 saturated carbocycles. The molecule has 0 unspecified atom stereocenters. The fourth-order valence-electron chi connectivity index (χ4n) is 3.64. The van der Waals surface area contributed by atoms with Gasteiger partial charge in [-0.3, -0.25) is 4.79 Å². The number of nitrogens with zero attached hydrogens (tertiary/aromatic N) is 1. The summed E-state index contributed by atoms with van der Waals surface area (Å²) in [6, 6.07) is 22.2. The van der Waals surface area contributed by atoms with Gasteiger partial charge in [-0.1, -0.05) is 30.3 Å². The second-order valence-electron chi connectivity index (χ2n) is 7.21. The van der Waals surface area contributed by atoms with Crippen LogP contribution in [0.25, 0.3) is 0 Å². The Kier molecular flexibility index (Phi) is 5.73. The van der Waals surface area contributed by atoms with Crippen molar-refractivity contribution in [1.82, 2.24) is 5.32 Å². The topological polar surface area (TPSA) is 49.9 Å². The molecule has 0 bridgehead atoms. The van der Waals surface area contributed by atoms with Gasteiger partial charge in [0.1, 0.15) is 12.3 Å². The zero-order valence-corrected chi connectivity index (χ0v) is 15.9. The lowest BCUT2D eigenvalue weighted by Crippen LogP contribution is -3.13. The van der Waals surface area contributed by atoms with Gasteiger partial charge in [-0.05, 0) is 36.4 Å². The average Bonchev–Trinajstić information content (AvgIpc) is 3.27. The van der Waals surface area contributed by atoms with Crippen molar-refractivity contribution in [2.75, 3.05) is 31.1 Å². The number of amides is 1. The van der Waals surface area contributed by atoms with Gasteiger partial charge in [0.15, 0.2) is 0 Å². The van der Waals surface area contributed by atoms with Crippen LogP contribution in [-0.4, -0.2) is 32.1 Å². The summed E-state index contributed by atoms with van der Waals surface area (Å²) >= 11 is 0. The summed E-state index contributed by atoms with van der Waals surface area (Å²) < 4.78 is 5.24. The summed E-state index contributed by atoms with van der Waals surface area (Å²) in [4.78, 5) is 16.3. The predicted octanol–water partition coefficient (Wildman–Crippen LogP) is 2.11. The number of quaternary nitrogens is 1. The molecule has 1 fully saturated rings. The summed E-state index contributed by atoms with van der Waals surface area (Å²) in [5.41, 5.74) is 3.26. The maximum Gasteiger partial charge on any atom is 0.251 e. The van der Waals surface area contributed by atoms with Gasteiger partial charge < -0.3 is 19.5 Å². The molecule has 1 aromatic heterocycles. The lowest BCUT2D eigenvalue weighted by molar-refractivity contribution is -0.914. The van der Waals surface area contributed by atoms with E-state index in [0.29, 0.717) is 12.1 Å². The van der Waals surface area contributed by atoms with Crippen LogP contribution in [0.2, 0.25) is 0 Å². The highest BCUT2D eigenvalue weighted by Gasteiger charge is 2.20. The molecule has 2 aromatic carbocycles. The van der Waals surface area contributed by atoms with E-state index in [1.165, 1.54) is 11.3 Å². The van der Waals surface area contributed by atoms with Gasteiger partial charge in [-0.2, -0.15) is 0 Å². The number of rotatable bonds is 6. The number of carbonyl (C=O) groups is 1. The van der Waals surface area contributed by atoms with Crippen LogP contribution in [0.5, 0.6) is 0 Å². The number of benzene rings is 2. The smallest absolute Gasteiger partial charge is 0.251 e. The first-order valence-electron chi connectivity index (χ1n) is 9.81. The van der Waals surface area contributed by atoms with Crippen LogP contribution in [0.15, 0.2) is 77.4 Å². The summed E-state index contributed by atoms with van der Waals surface area (Å²) in [7, 11) is 0. The predicted molar refractivity (Wildman–Crippen MR) is 109 cm³/mol. The van der Waals surface area contributed by atoms with Crippen molar-refractivity contribution < 1.29 is 14.1 Å². The van der Waals surface area contributed by atoms with E-state index in [4.69, 9.17) is 4.42 Å². The van der Waals surface area contributed by atoms with Crippen molar-refractivity contribution in [2.45, 2.75) is 13.1 Å². The summed E-state index contributed by atoms with van der Waals surface area (Å²) in [5.74, 6) is 0.676. The van der Waals surface area contributed by atoms with E-state index in [9.17, 15) is 4.79 Å². The molecule has 0 radical (unpaired) electrons. The fraction of sp³-hybridized carbons (Fsp3) is 0.261. The van der Waals surface area contributed by atoms with Gasteiger partial charge in [0.05, 0.1) is 39.0 Å². The van der Waals surface area contributed by atoms with Gasteiger partial charge in [-0.15, -0.1) is 0 Å². The lowest BCUT2D eigenvalue weighted by atomic mass is 10.1. The highest BCUT2D eigenvalue weighted by atomic mass is 16.3. The van der Waals surface area contributed by atoms with Crippen molar-refractivity contribution in [3.63, 3.8) is 0 Å². The van der Waals surface area contributed by atoms with Crippen LogP contribution in [0, 0.1) is 0 Å². The maximum absolute atomic E-state index is 12.2. The Hall–Kier alpha value is -3.05. The molecule has 4 rings (SSSR count).